The molecule has 1 atom stereocenters. The molecule has 1 saturated heterocycles. The second-order valence-corrected chi connectivity index (χ2v) is 5.24. The highest BCUT2D eigenvalue weighted by atomic mass is 19.1. The van der Waals surface area contributed by atoms with Crippen LogP contribution in [0.15, 0.2) is 18.2 Å². The van der Waals surface area contributed by atoms with Crippen LogP contribution in [-0.2, 0) is 13.1 Å². The SMILES string of the molecule is CN(C)C1CCN(Cc2cccc(CN)c2F)C1. The van der Waals surface area contributed by atoms with E-state index in [0.29, 0.717) is 18.2 Å². The van der Waals surface area contributed by atoms with Crippen LogP contribution in [-0.4, -0.2) is 43.0 Å². The highest BCUT2D eigenvalue weighted by Gasteiger charge is 2.24. The number of likely N-dealkylation sites (N-methyl/N-ethyl adjacent to an activating group) is 1. The van der Waals surface area contributed by atoms with Gasteiger partial charge in [0.25, 0.3) is 0 Å². The van der Waals surface area contributed by atoms with Crippen LogP contribution in [0.4, 0.5) is 4.39 Å². The van der Waals surface area contributed by atoms with E-state index in [0.717, 1.165) is 25.1 Å². The van der Waals surface area contributed by atoms with E-state index in [-0.39, 0.29) is 12.4 Å². The molecule has 1 aromatic rings. The van der Waals surface area contributed by atoms with Crippen molar-refractivity contribution < 1.29 is 4.39 Å². The van der Waals surface area contributed by atoms with Gasteiger partial charge in [-0.3, -0.25) is 4.90 Å². The summed E-state index contributed by atoms with van der Waals surface area (Å²) in [6.45, 7) is 3.00. The fourth-order valence-electron chi connectivity index (χ4n) is 2.53. The molecule has 18 heavy (non-hydrogen) atoms. The van der Waals surface area contributed by atoms with Gasteiger partial charge in [0.15, 0.2) is 0 Å². The molecule has 1 unspecified atom stereocenters. The van der Waals surface area contributed by atoms with Crippen LogP contribution >= 0.6 is 0 Å². The average Bonchev–Trinajstić information content (AvgIpc) is 2.80. The number of nitrogens with two attached hydrogens (primary N) is 1. The quantitative estimate of drug-likeness (QED) is 0.878. The number of halogens is 1. The molecule has 0 saturated carbocycles. The molecule has 1 aliphatic rings. The maximum Gasteiger partial charge on any atom is 0.132 e. The van der Waals surface area contributed by atoms with Crippen LogP contribution in [0, 0.1) is 5.82 Å². The molecule has 0 spiro atoms. The number of rotatable bonds is 4. The molecule has 4 heteroatoms. The number of likely N-dealkylation sites (tertiary alicyclic amines) is 1. The topological polar surface area (TPSA) is 32.5 Å². The Labute approximate surface area is 108 Å². The van der Waals surface area contributed by atoms with Crippen molar-refractivity contribution in [1.82, 2.24) is 9.80 Å². The predicted octanol–water partition coefficient (Wildman–Crippen LogP) is 1.42. The van der Waals surface area contributed by atoms with E-state index in [9.17, 15) is 4.39 Å². The molecule has 1 aliphatic heterocycles. The predicted molar refractivity (Wildman–Crippen MR) is 71.7 cm³/mol. The molecule has 0 bridgehead atoms. The lowest BCUT2D eigenvalue weighted by atomic mass is 10.1. The first-order valence-corrected chi connectivity index (χ1v) is 6.47. The Morgan fingerprint density at radius 1 is 1.39 bits per heavy atom. The Balaban J connectivity index is 2.02. The molecule has 100 valence electrons. The molecule has 1 aromatic carbocycles. The minimum absolute atomic E-state index is 0.131. The zero-order chi connectivity index (χ0) is 13.1. The molecule has 1 fully saturated rings. The van der Waals surface area contributed by atoms with E-state index in [1.54, 1.807) is 6.07 Å². The van der Waals surface area contributed by atoms with E-state index in [4.69, 9.17) is 5.73 Å². The first kappa shape index (κ1) is 13.5. The molecule has 0 aliphatic carbocycles. The van der Waals surface area contributed by atoms with Crippen LogP contribution in [0.3, 0.4) is 0 Å². The largest absolute Gasteiger partial charge is 0.326 e. The van der Waals surface area contributed by atoms with Crippen LogP contribution in [0.5, 0.6) is 0 Å². The molecular weight excluding hydrogens is 229 g/mol. The summed E-state index contributed by atoms with van der Waals surface area (Å²) in [4.78, 5) is 4.55. The Bertz CT molecular complexity index is 406. The Morgan fingerprint density at radius 3 is 2.72 bits per heavy atom. The molecule has 0 aromatic heterocycles. The van der Waals surface area contributed by atoms with Crippen molar-refractivity contribution in [2.24, 2.45) is 5.73 Å². The van der Waals surface area contributed by atoms with Crippen LogP contribution in [0.2, 0.25) is 0 Å². The van der Waals surface area contributed by atoms with Crippen LogP contribution in [0.25, 0.3) is 0 Å². The Kier molecular flexibility index (Phi) is 4.32. The van der Waals surface area contributed by atoms with Gasteiger partial charge in [-0.25, -0.2) is 4.39 Å². The second kappa shape index (κ2) is 5.78. The first-order chi connectivity index (χ1) is 8.61. The van der Waals surface area contributed by atoms with Crippen LogP contribution < -0.4 is 5.73 Å². The number of benzene rings is 1. The first-order valence-electron chi connectivity index (χ1n) is 6.47. The smallest absolute Gasteiger partial charge is 0.132 e. The van der Waals surface area contributed by atoms with E-state index in [1.165, 1.54) is 0 Å². The normalized spacial score (nSPS) is 20.8. The van der Waals surface area contributed by atoms with Crippen molar-refractivity contribution in [1.29, 1.82) is 0 Å². The fourth-order valence-corrected chi connectivity index (χ4v) is 2.53. The van der Waals surface area contributed by atoms with Crippen molar-refractivity contribution in [3.63, 3.8) is 0 Å². The highest BCUT2D eigenvalue weighted by Crippen LogP contribution is 2.19. The summed E-state index contributed by atoms with van der Waals surface area (Å²) < 4.78 is 14.1. The third kappa shape index (κ3) is 2.88. The summed E-state index contributed by atoms with van der Waals surface area (Å²) in [5.41, 5.74) is 6.90. The standard InChI is InChI=1S/C14H22FN3/c1-17(2)13-6-7-18(10-13)9-12-5-3-4-11(8-16)14(12)15/h3-5,13H,6-10,16H2,1-2H3. The lowest BCUT2D eigenvalue weighted by Gasteiger charge is -2.20. The van der Waals surface area contributed by atoms with Crippen molar-refractivity contribution in [3.8, 4) is 0 Å². The van der Waals surface area contributed by atoms with E-state index in [1.807, 2.05) is 12.1 Å². The van der Waals surface area contributed by atoms with Crippen molar-refractivity contribution in [2.75, 3.05) is 27.2 Å². The minimum Gasteiger partial charge on any atom is -0.326 e. The molecule has 0 amide bonds. The summed E-state index contributed by atoms with van der Waals surface area (Å²) in [6.07, 6.45) is 1.16. The van der Waals surface area contributed by atoms with Gasteiger partial charge in [0.2, 0.25) is 0 Å². The van der Waals surface area contributed by atoms with Crippen molar-refractivity contribution in [2.45, 2.75) is 25.6 Å². The number of nitrogens with zero attached hydrogens (tertiary/aromatic N) is 2. The lowest BCUT2D eigenvalue weighted by Crippen LogP contribution is -2.31. The van der Waals surface area contributed by atoms with Gasteiger partial charge in [-0.15, -0.1) is 0 Å². The maximum absolute atomic E-state index is 14.1. The monoisotopic (exact) mass is 251 g/mol. The Hall–Kier alpha value is -0.970. The molecule has 3 nitrogen and oxygen atoms in total. The van der Waals surface area contributed by atoms with Crippen molar-refractivity contribution >= 4 is 0 Å². The van der Waals surface area contributed by atoms with Gasteiger partial charge in [0.05, 0.1) is 0 Å². The molecular formula is C14H22FN3. The second-order valence-electron chi connectivity index (χ2n) is 5.24. The average molecular weight is 251 g/mol. The highest BCUT2D eigenvalue weighted by molar-refractivity contribution is 5.26. The minimum atomic E-state index is -0.131. The summed E-state index contributed by atoms with van der Waals surface area (Å²) in [6, 6.07) is 6.09. The fraction of sp³-hybridized carbons (Fsp3) is 0.571. The van der Waals surface area contributed by atoms with Crippen molar-refractivity contribution in [3.05, 3.63) is 35.1 Å². The molecule has 1 heterocycles. The summed E-state index contributed by atoms with van der Waals surface area (Å²) >= 11 is 0. The molecule has 0 radical (unpaired) electrons. The van der Waals surface area contributed by atoms with Gasteiger partial charge in [0.1, 0.15) is 5.82 Å². The van der Waals surface area contributed by atoms with Gasteiger partial charge in [-0.2, -0.15) is 0 Å². The third-order valence-electron chi connectivity index (χ3n) is 3.75. The van der Waals surface area contributed by atoms with Gasteiger partial charge >= 0.3 is 0 Å². The molecule has 2 N–H and O–H groups in total. The van der Waals surface area contributed by atoms with E-state index >= 15 is 0 Å². The lowest BCUT2D eigenvalue weighted by molar-refractivity contribution is 0.262. The summed E-state index contributed by atoms with van der Waals surface area (Å²) in [5, 5.41) is 0. The van der Waals surface area contributed by atoms with E-state index < -0.39 is 0 Å². The van der Waals surface area contributed by atoms with Gasteiger partial charge in [-0.05, 0) is 20.5 Å². The zero-order valence-electron chi connectivity index (χ0n) is 11.2. The van der Waals surface area contributed by atoms with Gasteiger partial charge in [-0.1, -0.05) is 18.2 Å². The maximum atomic E-state index is 14.1. The third-order valence-corrected chi connectivity index (χ3v) is 3.75. The van der Waals surface area contributed by atoms with Gasteiger partial charge < -0.3 is 10.6 Å². The Morgan fingerprint density at radius 2 is 2.11 bits per heavy atom. The zero-order valence-corrected chi connectivity index (χ0v) is 11.2. The summed E-state index contributed by atoms with van der Waals surface area (Å²) in [7, 11) is 4.20. The van der Waals surface area contributed by atoms with Crippen LogP contribution in [0.1, 0.15) is 17.5 Å². The van der Waals surface area contributed by atoms with Gasteiger partial charge in [0, 0.05) is 43.3 Å². The molecule has 2 rings (SSSR count). The summed E-state index contributed by atoms with van der Waals surface area (Å²) in [5.74, 6) is -0.131. The van der Waals surface area contributed by atoms with E-state index in [2.05, 4.69) is 23.9 Å². The number of hydrogen-bond acceptors (Lipinski definition) is 3. The number of hydrogen-bond donors (Lipinski definition) is 1.